The number of aliphatic carboxylic acids is 1. The van der Waals surface area contributed by atoms with E-state index in [0.717, 1.165) is 0 Å². The largest absolute Gasteiger partial charge is 0.508 e. The first kappa shape index (κ1) is 29.3. The van der Waals surface area contributed by atoms with E-state index >= 15 is 0 Å². The van der Waals surface area contributed by atoms with E-state index in [1.807, 2.05) is 0 Å². The zero-order valence-electron chi connectivity index (χ0n) is 19.7. The lowest BCUT2D eigenvalue weighted by Crippen LogP contribution is -2.60. The van der Waals surface area contributed by atoms with E-state index in [1.54, 1.807) is 13.8 Å². The van der Waals surface area contributed by atoms with Crippen molar-refractivity contribution in [1.82, 2.24) is 16.0 Å². The van der Waals surface area contributed by atoms with Crippen LogP contribution in [0.2, 0.25) is 0 Å². The number of amides is 4. The molecule has 5 atom stereocenters. The number of nitrogens with two attached hydrogens (primary N) is 2. The van der Waals surface area contributed by atoms with Gasteiger partial charge in [0.05, 0.1) is 18.6 Å². The lowest BCUT2D eigenvalue weighted by Gasteiger charge is -2.26. The number of primary amides is 1. The smallest absolute Gasteiger partial charge is 0.326 e. The average Bonchev–Trinajstić information content (AvgIpc) is 2.76. The lowest BCUT2D eigenvalue weighted by atomic mass is 10.0. The Morgan fingerprint density at radius 2 is 1.43 bits per heavy atom. The number of benzene rings is 1. The molecule has 0 fully saturated rings. The molecule has 0 aliphatic heterocycles. The summed E-state index contributed by atoms with van der Waals surface area (Å²) < 4.78 is 0. The molecule has 5 unspecified atom stereocenters. The molecule has 0 spiro atoms. The molecule has 1 aromatic rings. The number of hydrogen-bond acceptors (Lipinski definition) is 8. The number of hydrogen-bond donors (Lipinski definition) is 8. The Labute approximate surface area is 202 Å². The Morgan fingerprint density at radius 1 is 0.886 bits per heavy atom. The summed E-state index contributed by atoms with van der Waals surface area (Å²) in [7, 11) is 0. The van der Waals surface area contributed by atoms with Gasteiger partial charge in [-0.15, -0.1) is 0 Å². The van der Waals surface area contributed by atoms with Gasteiger partial charge in [-0.1, -0.05) is 26.0 Å². The highest BCUT2D eigenvalue weighted by Gasteiger charge is 2.33. The number of carboxylic acids is 1. The third-order valence-electron chi connectivity index (χ3n) is 5.11. The molecule has 13 nitrogen and oxygen atoms in total. The van der Waals surface area contributed by atoms with E-state index in [2.05, 4.69) is 16.0 Å². The van der Waals surface area contributed by atoms with Crippen molar-refractivity contribution in [2.75, 3.05) is 0 Å². The average molecular weight is 496 g/mol. The minimum atomic E-state index is -1.58. The van der Waals surface area contributed by atoms with Gasteiger partial charge in [0, 0.05) is 6.42 Å². The fourth-order valence-corrected chi connectivity index (χ4v) is 2.97. The zero-order chi connectivity index (χ0) is 26.9. The van der Waals surface area contributed by atoms with Gasteiger partial charge in [0.15, 0.2) is 0 Å². The summed E-state index contributed by atoms with van der Waals surface area (Å²) >= 11 is 0. The van der Waals surface area contributed by atoms with Gasteiger partial charge < -0.3 is 42.7 Å². The molecule has 0 aromatic heterocycles. The van der Waals surface area contributed by atoms with Crippen molar-refractivity contribution < 1.29 is 39.3 Å². The van der Waals surface area contributed by atoms with Gasteiger partial charge in [-0.25, -0.2) is 4.79 Å². The van der Waals surface area contributed by atoms with Crippen molar-refractivity contribution in [3.05, 3.63) is 29.8 Å². The number of aliphatic hydroxyl groups is 1. The number of carbonyl (C=O) groups excluding carboxylic acids is 4. The van der Waals surface area contributed by atoms with Crippen LogP contribution >= 0.6 is 0 Å². The molecule has 0 saturated carbocycles. The van der Waals surface area contributed by atoms with Gasteiger partial charge in [-0.3, -0.25) is 19.2 Å². The maximum absolute atomic E-state index is 12.8. The van der Waals surface area contributed by atoms with Crippen molar-refractivity contribution in [3.63, 3.8) is 0 Å². The molecular formula is C22H33N5O8. The number of rotatable bonds is 13. The minimum Gasteiger partial charge on any atom is -0.508 e. The summed E-state index contributed by atoms with van der Waals surface area (Å²) in [5, 5.41) is 35.6. The van der Waals surface area contributed by atoms with E-state index in [1.165, 1.54) is 31.2 Å². The Hall–Kier alpha value is -3.71. The molecule has 1 aromatic carbocycles. The highest BCUT2D eigenvalue weighted by molar-refractivity contribution is 5.96. The van der Waals surface area contributed by atoms with Crippen LogP contribution in [-0.2, 0) is 30.4 Å². The first-order chi connectivity index (χ1) is 16.2. The molecule has 0 radical (unpaired) electrons. The maximum Gasteiger partial charge on any atom is 0.326 e. The van der Waals surface area contributed by atoms with Crippen molar-refractivity contribution in [2.45, 2.75) is 63.9 Å². The second kappa shape index (κ2) is 13.2. The third kappa shape index (κ3) is 9.59. The van der Waals surface area contributed by atoms with Gasteiger partial charge in [0.2, 0.25) is 23.6 Å². The number of nitrogens with one attached hydrogen (secondary N) is 3. The molecule has 0 aliphatic rings. The molecule has 10 N–H and O–H groups in total. The van der Waals surface area contributed by atoms with Crippen LogP contribution in [0.15, 0.2) is 24.3 Å². The van der Waals surface area contributed by atoms with Gasteiger partial charge in [-0.05, 0) is 30.5 Å². The molecule has 13 heteroatoms. The zero-order valence-corrected chi connectivity index (χ0v) is 19.7. The highest BCUT2D eigenvalue weighted by atomic mass is 16.4. The monoisotopic (exact) mass is 495 g/mol. The fourth-order valence-electron chi connectivity index (χ4n) is 2.97. The van der Waals surface area contributed by atoms with E-state index < -0.39 is 66.3 Å². The Bertz CT molecular complexity index is 919. The molecule has 4 amide bonds. The molecule has 0 saturated heterocycles. The first-order valence-electron chi connectivity index (χ1n) is 10.9. The quantitative estimate of drug-likeness (QED) is 0.147. The Morgan fingerprint density at radius 3 is 1.89 bits per heavy atom. The van der Waals surface area contributed by atoms with Crippen LogP contribution in [0.4, 0.5) is 0 Å². The van der Waals surface area contributed by atoms with Crippen LogP contribution in [0, 0.1) is 5.92 Å². The van der Waals surface area contributed by atoms with E-state index in [9.17, 15) is 39.3 Å². The van der Waals surface area contributed by atoms with Crippen LogP contribution in [0.5, 0.6) is 5.75 Å². The summed E-state index contributed by atoms with van der Waals surface area (Å²) in [5.74, 6) is -5.36. The molecule has 194 valence electrons. The number of phenols is 1. The first-order valence-corrected chi connectivity index (χ1v) is 10.9. The van der Waals surface area contributed by atoms with Crippen molar-refractivity contribution in [1.29, 1.82) is 0 Å². The van der Waals surface area contributed by atoms with Crippen LogP contribution < -0.4 is 27.4 Å². The van der Waals surface area contributed by atoms with Gasteiger partial charge in [0.1, 0.15) is 23.9 Å². The normalized spacial score (nSPS) is 15.3. The van der Waals surface area contributed by atoms with Crippen LogP contribution in [0.25, 0.3) is 0 Å². The molecule has 1 rings (SSSR count). The molecule has 0 bridgehead atoms. The number of carboxylic acid groups (broad SMARTS) is 1. The van der Waals surface area contributed by atoms with Crippen LogP contribution in [0.3, 0.4) is 0 Å². The summed E-state index contributed by atoms with van der Waals surface area (Å²) in [6, 6.07) is 0.140. The summed E-state index contributed by atoms with van der Waals surface area (Å²) in [4.78, 5) is 61.0. The van der Waals surface area contributed by atoms with E-state index in [4.69, 9.17) is 11.5 Å². The molecule has 0 aliphatic carbocycles. The topological polar surface area (TPSA) is 234 Å². The van der Waals surface area contributed by atoms with Gasteiger partial charge >= 0.3 is 5.97 Å². The standard InChI is InChI=1S/C22H33N5O8/c1-10(2)17(24)20(32)27-18(11(3)28)21(33)25-14(9-16(23)30)19(31)26-15(22(34)35)8-12-4-6-13(29)7-5-12/h4-7,10-11,14-15,17-18,28-29H,8-9,24H2,1-3H3,(H2,23,30)(H,25,33)(H,26,31)(H,27,32)(H,34,35). The summed E-state index contributed by atoms with van der Waals surface area (Å²) in [6.45, 7) is 4.60. The van der Waals surface area contributed by atoms with Crippen molar-refractivity contribution in [2.24, 2.45) is 17.4 Å². The molecule has 35 heavy (non-hydrogen) atoms. The van der Waals surface area contributed by atoms with Gasteiger partial charge in [0.25, 0.3) is 0 Å². The third-order valence-corrected chi connectivity index (χ3v) is 5.11. The number of phenolic OH excluding ortho intramolecular Hbond substituents is 1. The highest BCUT2D eigenvalue weighted by Crippen LogP contribution is 2.12. The number of aromatic hydroxyl groups is 1. The predicted octanol–water partition coefficient (Wildman–Crippen LogP) is -2.29. The molecule has 0 heterocycles. The second-order valence-electron chi connectivity index (χ2n) is 8.50. The number of aliphatic hydroxyl groups excluding tert-OH is 1. The van der Waals surface area contributed by atoms with Crippen LogP contribution in [-0.4, -0.2) is 75.2 Å². The summed E-state index contributed by atoms with van der Waals surface area (Å²) in [5.41, 5.74) is 11.4. The van der Waals surface area contributed by atoms with Crippen LogP contribution in [0.1, 0.15) is 32.8 Å². The minimum absolute atomic E-state index is 0.0250. The second-order valence-corrected chi connectivity index (χ2v) is 8.50. The summed E-state index contributed by atoms with van der Waals surface area (Å²) in [6.07, 6.45) is -2.22. The van der Waals surface area contributed by atoms with E-state index in [0.29, 0.717) is 5.56 Å². The number of carbonyl (C=O) groups is 5. The van der Waals surface area contributed by atoms with E-state index in [-0.39, 0.29) is 18.1 Å². The Kier molecular flexibility index (Phi) is 11.1. The molecular weight excluding hydrogens is 462 g/mol. The van der Waals surface area contributed by atoms with Crippen molar-refractivity contribution in [3.8, 4) is 5.75 Å². The Balaban J connectivity index is 3.01. The SMILES string of the molecule is CC(C)C(N)C(=O)NC(C(=O)NC(CC(N)=O)C(=O)NC(Cc1ccc(O)cc1)C(=O)O)C(C)O. The maximum atomic E-state index is 12.8. The van der Waals surface area contributed by atoms with Gasteiger partial charge in [-0.2, -0.15) is 0 Å². The lowest BCUT2D eigenvalue weighted by molar-refractivity contribution is -0.142. The van der Waals surface area contributed by atoms with Crippen molar-refractivity contribution >= 4 is 29.6 Å². The fraction of sp³-hybridized carbons (Fsp3) is 0.500. The predicted molar refractivity (Wildman–Crippen MR) is 124 cm³/mol.